The number of hydrogen-bond acceptors (Lipinski definition) is 4. The van der Waals surface area contributed by atoms with E-state index in [1.807, 2.05) is 29.3 Å². The molecule has 0 saturated heterocycles. The van der Waals surface area contributed by atoms with E-state index in [4.69, 9.17) is 11.6 Å². The quantitative estimate of drug-likeness (QED) is 0.706. The Balaban J connectivity index is 2.05. The SMILES string of the molecule is N#C/C(=C(/Cl)c1cc2c(s1)CCSC2)c1cccs1. The molecule has 0 saturated carbocycles. The Kier molecular flexibility index (Phi) is 3.99. The maximum absolute atomic E-state index is 9.35. The van der Waals surface area contributed by atoms with Gasteiger partial charge >= 0.3 is 0 Å². The highest BCUT2D eigenvalue weighted by molar-refractivity contribution is 7.98. The number of thioether (sulfide) groups is 1. The third-order valence-electron chi connectivity index (χ3n) is 2.94. The number of halogens is 1. The van der Waals surface area contributed by atoms with Crippen molar-refractivity contribution in [3.05, 3.63) is 43.8 Å². The third-order valence-corrected chi connectivity index (χ3v) is 6.60. The van der Waals surface area contributed by atoms with Crippen LogP contribution in [0.15, 0.2) is 23.6 Å². The van der Waals surface area contributed by atoms with E-state index in [2.05, 4.69) is 12.1 Å². The Hall–Kier alpha value is -0.730. The van der Waals surface area contributed by atoms with Crippen LogP contribution in [0.2, 0.25) is 0 Å². The van der Waals surface area contributed by atoms with E-state index in [-0.39, 0.29) is 0 Å². The second-order valence-electron chi connectivity index (χ2n) is 4.14. The van der Waals surface area contributed by atoms with Gasteiger partial charge in [-0.25, -0.2) is 0 Å². The number of fused-ring (bicyclic) bond motifs is 1. The Morgan fingerprint density at radius 2 is 2.26 bits per heavy atom. The third kappa shape index (κ3) is 2.61. The first-order valence-corrected chi connectivity index (χ1v) is 9.06. The zero-order valence-corrected chi connectivity index (χ0v) is 13.2. The molecule has 19 heavy (non-hydrogen) atoms. The van der Waals surface area contributed by atoms with E-state index < -0.39 is 0 Å². The minimum absolute atomic E-state index is 0.586. The number of rotatable bonds is 2. The first kappa shape index (κ1) is 13.3. The van der Waals surface area contributed by atoms with Gasteiger partial charge in [-0.2, -0.15) is 17.0 Å². The summed E-state index contributed by atoms with van der Waals surface area (Å²) < 4.78 is 0. The van der Waals surface area contributed by atoms with E-state index in [1.165, 1.54) is 16.2 Å². The molecular weight excluding hydrogens is 314 g/mol. The van der Waals surface area contributed by atoms with Crippen LogP contribution in [0.5, 0.6) is 0 Å². The Labute approximate surface area is 129 Å². The Morgan fingerprint density at radius 1 is 1.37 bits per heavy atom. The molecule has 0 aromatic carbocycles. The van der Waals surface area contributed by atoms with Crippen molar-refractivity contribution in [1.29, 1.82) is 5.26 Å². The Morgan fingerprint density at radius 3 is 2.95 bits per heavy atom. The van der Waals surface area contributed by atoms with E-state index in [1.54, 1.807) is 22.7 Å². The first-order valence-electron chi connectivity index (χ1n) is 5.83. The smallest absolute Gasteiger partial charge is 0.102 e. The highest BCUT2D eigenvalue weighted by Gasteiger charge is 2.18. The number of allylic oxidation sites excluding steroid dienone is 1. The molecule has 0 N–H and O–H groups in total. The molecule has 0 amide bonds. The molecule has 1 aliphatic heterocycles. The van der Waals surface area contributed by atoms with Crippen molar-refractivity contribution in [2.24, 2.45) is 0 Å². The van der Waals surface area contributed by atoms with Crippen LogP contribution in [-0.2, 0) is 12.2 Å². The highest BCUT2D eigenvalue weighted by Crippen LogP contribution is 2.39. The van der Waals surface area contributed by atoms with E-state index in [9.17, 15) is 5.26 Å². The van der Waals surface area contributed by atoms with Gasteiger partial charge in [0.05, 0.1) is 10.6 Å². The molecule has 1 nitrogen and oxygen atoms in total. The monoisotopic (exact) mass is 323 g/mol. The molecule has 0 aliphatic carbocycles. The van der Waals surface area contributed by atoms with Crippen molar-refractivity contribution >= 4 is 56.6 Å². The summed E-state index contributed by atoms with van der Waals surface area (Å²) in [5.41, 5.74) is 1.97. The lowest BCUT2D eigenvalue weighted by Gasteiger charge is -2.08. The number of aryl methyl sites for hydroxylation is 1. The van der Waals surface area contributed by atoms with Gasteiger partial charge in [-0.15, -0.1) is 22.7 Å². The van der Waals surface area contributed by atoms with Gasteiger partial charge in [0.1, 0.15) is 6.07 Å². The Bertz CT molecular complexity index is 638. The van der Waals surface area contributed by atoms with Crippen LogP contribution in [0.25, 0.3) is 10.6 Å². The fourth-order valence-corrected chi connectivity index (χ4v) is 5.42. The van der Waals surface area contributed by atoms with E-state index >= 15 is 0 Å². The molecule has 3 heterocycles. The minimum atomic E-state index is 0.586. The lowest BCUT2D eigenvalue weighted by atomic mass is 10.2. The topological polar surface area (TPSA) is 23.8 Å². The van der Waals surface area contributed by atoms with Crippen LogP contribution >= 0.6 is 46.0 Å². The molecule has 2 aromatic rings. The molecule has 3 rings (SSSR count). The zero-order chi connectivity index (χ0) is 13.2. The fraction of sp³-hybridized carbons (Fsp3) is 0.214. The standard InChI is InChI=1S/C14H10ClNS3/c15-14(10(7-16)12-2-1-4-18-12)13-6-9-8-17-5-3-11(9)19-13/h1-2,4,6H,3,5,8H2/b14-10-. The van der Waals surface area contributed by atoms with Gasteiger partial charge in [0, 0.05) is 20.4 Å². The van der Waals surface area contributed by atoms with Crippen LogP contribution in [-0.4, -0.2) is 5.75 Å². The first-order chi connectivity index (χ1) is 9.29. The molecule has 0 radical (unpaired) electrons. The summed E-state index contributed by atoms with van der Waals surface area (Å²) in [5, 5.41) is 11.9. The van der Waals surface area contributed by atoms with Crippen LogP contribution in [0.3, 0.4) is 0 Å². The molecule has 5 heteroatoms. The van der Waals surface area contributed by atoms with Crippen molar-refractivity contribution in [2.45, 2.75) is 12.2 Å². The average molecular weight is 324 g/mol. The van der Waals surface area contributed by atoms with Crippen LogP contribution in [0.1, 0.15) is 20.2 Å². The van der Waals surface area contributed by atoms with Crippen molar-refractivity contribution in [3.63, 3.8) is 0 Å². The van der Waals surface area contributed by atoms with E-state index in [0.29, 0.717) is 10.6 Å². The number of nitrogens with zero attached hydrogens (tertiary/aromatic N) is 1. The number of thiophene rings is 2. The van der Waals surface area contributed by atoms with Crippen LogP contribution < -0.4 is 0 Å². The largest absolute Gasteiger partial charge is 0.192 e. The van der Waals surface area contributed by atoms with Gasteiger partial charge in [0.15, 0.2) is 0 Å². The molecule has 2 aromatic heterocycles. The molecule has 1 aliphatic rings. The maximum atomic E-state index is 9.35. The summed E-state index contributed by atoms with van der Waals surface area (Å²) in [6, 6.07) is 8.28. The van der Waals surface area contributed by atoms with Crippen molar-refractivity contribution in [1.82, 2.24) is 0 Å². The predicted octanol–water partition coefficient (Wildman–Crippen LogP) is 5.23. The van der Waals surface area contributed by atoms with Crippen molar-refractivity contribution in [2.75, 3.05) is 5.75 Å². The summed E-state index contributed by atoms with van der Waals surface area (Å²) >= 11 is 11.7. The molecule has 0 unspecified atom stereocenters. The van der Waals surface area contributed by atoms with Crippen molar-refractivity contribution in [3.8, 4) is 6.07 Å². The van der Waals surface area contributed by atoms with Gasteiger partial charge in [-0.05, 0) is 35.2 Å². The van der Waals surface area contributed by atoms with Crippen LogP contribution in [0.4, 0.5) is 0 Å². The molecule has 0 bridgehead atoms. The normalized spacial score (nSPS) is 15.6. The second-order valence-corrected chi connectivity index (χ2v) is 7.71. The van der Waals surface area contributed by atoms with Gasteiger partial charge in [-0.1, -0.05) is 17.7 Å². The molecule has 0 spiro atoms. The lowest BCUT2D eigenvalue weighted by molar-refractivity contribution is 1.13. The second kappa shape index (κ2) is 5.72. The maximum Gasteiger partial charge on any atom is 0.102 e. The predicted molar refractivity (Wildman–Crippen MR) is 86.8 cm³/mol. The summed E-state index contributed by atoms with van der Waals surface area (Å²) in [6.45, 7) is 0. The van der Waals surface area contributed by atoms with Crippen molar-refractivity contribution < 1.29 is 0 Å². The molecular formula is C14H10ClNS3. The van der Waals surface area contributed by atoms with Gasteiger partial charge < -0.3 is 0 Å². The summed E-state index contributed by atoms with van der Waals surface area (Å²) in [5.74, 6) is 2.25. The molecule has 96 valence electrons. The number of hydrogen-bond donors (Lipinski definition) is 0. The number of nitriles is 1. The molecule has 0 fully saturated rings. The van der Waals surface area contributed by atoms with Gasteiger partial charge in [-0.3, -0.25) is 0 Å². The van der Waals surface area contributed by atoms with Gasteiger partial charge in [0.2, 0.25) is 0 Å². The van der Waals surface area contributed by atoms with Gasteiger partial charge in [0.25, 0.3) is 0 Å². The van der Waals surface area contributed by atoms with Crippen LogP contribution in [0, 0.1) is 11.3 Å². The fourth-order valence-electron chi connectivity index (χ4n) is 2.01. The summed E-state index contributed by atoms with van der Waals surface area (Å²) in [7, 11) is 0. The molecule has 0 atom stereocenters. The lowest BCUT2D eigenvalue weighted by Crippen LogP contribution is -1.96. The van der Waals surface area contributed by atoms with E-state index in [0.717, 1.165) is 21.9 Å². The minimum Gasteiger partial charge on any atom is -0.192 e. The summed E-state index contributed by atoms with van der Waals surface area (Å²) in [4.78, 5) is 3.39. The zero-order valence-electron chi connectivity index (χ0n) is 9.98. The summed E-state index contributed by atoms with van der Waals surface area (Å²) in [6.07, 6.45) is 1.12. The highest BCUT2D eigenvalue weighted by atomic mass is 35.5. The average Bonchev–Trinajstić information content (AvgIpc) is 3.08.